The van der Waals surface area contributed by atoms with Crippen molar-refractivity contribution < 1.29 is 18.0 Å². The van der Waals surface area contributed by atoms with Gasteiger partial charge in [0.05, 0.1) is 16.7 Å². The van der Waals surface area contributed by atoms with E-state index in [1.54, 1.807) is 18.3 Å². The zero-order chi connectivity index (χ0) is 15.0. The number of nitrogens with zero attached hydrogens (tertiary/aromatic N) is 1. The number of aromatic amines is 1. The van der Waals surface area contributed by atoms with Crippen molar-refractivity contribution >= 4 is 22.6 Å². The van der Waals surface area contributed by atoms with Crippen LogP contribution in [0.1, 0.15) is 10.5 Å². The fourth-order valence-corrected chi connectivity index (χ4v) is 1.89. The van der Waals surface area contributed by atoms with Crippen molar-refractivity contribution in [3.05, 3.63) is 59.7 Å². The number of halogens is 3. The average Bonchev–Trinajstić information content (AvgIpc) is 2.92. The summed E-state index contributed by atoms with van der Waals surface area (Å²) < 4.78 is 39.4. The van der Waals surface area contributed by atoms with E-state index in [0.29, 0.717) is 11.0 Å². The molecule has 106 valence electrons. The Bertz CT molecular complexity index is 812. The van der Waals surface area contributed by atoms with E-state index in [1.165, 1.54) is 6.07 Å². The number of fused-ring (bicyclic) bond motifs is 1. The van der Waals surface area contributed by atoms with Crippen LogP contribution < -0.4 is 5.32 Å². The van der Waals surface area contributed by atoms with E-state index in [2.05, 4.69) is 15.3 Å². The maximum Gasteiger partial charge on any atom is 0.272 e. The lowest BCUT2D eigenvalue weighted by atomic mass is 10.2. The van der Waals surface area contributed by atoms with Gasteiger partial charge in [0, 0.05) is 6.20 Å². The van der Waals surface area contributed by atoms with Gasteiger partial charge in [0.25, 0.3) is 5.91 Å². The Morgan fingerprint density at radius 1 is 1.14 bits per heavy atom. The number of aromatic nitrogens is 2. The number of carbonyl (C=O) groups excluding carboxylic acids is 1. The number of hydrogen-bond donors (Lipinski definition) is 2. The van der Waals surface area contributed by atoms with E-state index in [0.717, 1.165) is 12.1 Å². The Hall–Kier alpha value is -2.83. The lowest BCUT2D eigenvalue weighted by Crippen LogP contribution is -2.14. The van der Waals surface area contributed by atoms with Crippen LogP contribution in [-0.4, -0.2) is 15.9 Å². The van der Waals surface area contributed by atoms with Crippen molar-refractivity contribution in [1.29, 1.82) is 0 Å². The summed E-state index contributed by atoms with van der Waals surface area (Å²) in [5.74, 6) is -5.08. The van der Waals surface area contributed by atoms with Gasteiger partial charge < -0.3 is 10.3 Å². The maximum atomic E-state index is 13.5. The lowest BCUT2D eigenvalue weighted by Gasteiger charge is -2.06. The number of hydrogen-bond acceptors (Lipinski definition) is 2. The summed E-state index contributed by atoms with van der Waals surface area (Å²) in [6, 6.07) is 6.57. The van der Waals surface area contributed by atoms with E-state index in [1.807, 2.05) is 0 Å². The number of nitrogens with one attached hydrogen (secondary N) is 2. The predicted molar refractivity (Wildman–Crippen MR) is 70.4 cm³/mol. The van der Waals surface area contributed by atoms with Crippen molar-refractivity contribution in [1.82, 2.24) is 9.97 Å². The summed E-state index contributed by atoms with van der Waals surface area (Å²) >= 11 is 0. The van der Waals surface area contributed by atoms with Gasteiger partial charge in [-0.1, -0.05) is 0 Å². The third-order valence-corrected chi connectivity index (χ3v) is 2.92. The number of anilines is 1. The highest BCUT2D eigenvalue weighted by Crippen LogP contribution is 2.21. The van der Waals surface area contributed by atoms with Crippen molar-refractivity contribution in [3.63, 3.8) is 0 Å². The minimum absolute atomic E-state index is 0.132. The largest absolute Gasteiger partial charge is 0.349 e. The molecule has 0 saturated heterocycles. The molecule has 7 heteroatoms. The van der Waals surface area contributed by atoms with Crippen LogP contribution in [0.5, 0.6) is 0 Å². The molecular formula is C14H8F3N3O. The molecular weight excluding hydrogens is 283 g/mol. The first kappa shape index (κ1) is 13.2. The fourth-order valence-electron chi connectivity index (χ4n) is 1.89. The normalized spacial score (nSPS) is 10.8. The average molecular weight is 291 g/mol. The Labute approximate surface area is 116 Å². The number of pyridine rings is 1. The van der Waals surface area contributed by atoms with E-state index in [4.69, 9.17) is 0 Å². The summed E-state index contributed by atoms with van der Waals surface area (Å²) in [7, 11) is 0. The summed E-state index contributed by atoms with van der Waals surface area (Å²) in [4.78, 5) is 18.8. The van der Waals surface area contributed by atoms with Crippen LogP contribution in [0, 0.1) is 17.5 Å². The monoisotopic (exact) mass is 291 g/mol. The zero-order valence-electron chi connectivity index (χ0n) is 10.5. The smallest absolute Gasteiger partial charge is 0.272 e. The van der Waals surface area contributed by atoms with Crippen LogP contribution in [0.4, 0.5) is 18.9 Å². The van der Waals surface area contributed by atoms with Crippen LogP contribution in [0.3, 0.4) is 0 Å². The van der Waals surface area contributed by atoms with Gasteiger partial charge >= 0.3 is 0 Å². The van der Waals surface area contributed by atoms with Gasteiger partial charge in [-0.15, -0.1) is 0 Å². The minimum Gasteiger partial charge on any atom is -0.349 e. The third kappa shape index (κ3) is 2.33. The molecule has 2 N–H and O–H groups in total. The first-order valence-electron chi connectivity index (χ1n) is 5.95. The summed E-state index contributed by atoms with van der Waals surface area (Å²) in [5.41, 5.74) is 0.889. The third-order valence-electron chi connectivity index (χ3n) is 2.92. The molecule has 0 spiro atoms. The molecule has 2 aromatic heterocycles. The summed E-state index contributed by atoms with van der Waals surface area (Å²) in [6.45, 7) is 0. The molecule has 0 bridgehead atoms. The van der Waals surface area contributed by atoms with E-state index in [-0.39, 0.29) is 5.69 Å². The highest BCUT2D eigenvalue weighted by molar-refractivity contribution is 6.05. The second-order valence-electron chi connectivity index (χ2n) is 4.30. The van der Waals surface area contributed by atoms with E-state index < -0.39 is 29.0 Å². The van der Waals surface area contributed by atoms with Gasteiger partial charge in [-0.05, 0) is 30.3 Å². The van der Waals surface area contributed by atoms with Crippen LogP contribution >= 0.6 is 0 Å². The number of rotatable bonds is 2. The van der Waals surface area contributed by atoms with Crippen LogP contribution in [0.2, 0.25) is 0 Å². The second-order valence-corrected chi connectivity index (χ2v) is 4.30. The number of carbonyl (C=O) groups is 1. The molecule has 0 atom stereocenters. The first-order valence-corrected chi connectivity index (χ1v) is 5.95. The SMILES string of the molecule is O=C(Nc1ccc(F)c(F)c1F)c1cc2ncccc2[nH]1. The molecule has 0 fully saturated rings. The van der Waals surface area contributed by atoms with Crippen LogP contribution in [0.25, 0.3) is 11.0 Å². The molecule has 1 amide bonds. The maximum absolute atomic E-state index is 13.5. The number of H-pyrrole nitrogens is 1. The van der Waals surface area contributed by atoms with Crippen molar-refractivity contribution in [2.75, 3.05) is 5.32 Å². The summed E-state index contributed by atoms with van der Waals surface area (Å²) in [6.07, 6.45) is 1.56. The molecule has 0 aliphatic carbocycles. The molecule has 0 aliphatic rings. The van der Waals surface area contributed by atoms with Crippen molar-refractivity contribution in [2.45, 2.75) is 0 Å². The Morgan fingerprint density at radius 2 is 1.95 bits per heavy atom. The van der Waals surface area contributed by atoms with E-state index >= 15 is 0 Å². The topological polar surface area (TPSA) is 57.8 Å². The van der Waals surface area contributed by atoms with Crippen molar-refractivity contribution in [2.24, 2.45) is 0 Å². The quantitative estimate of drug-likeness (QED) is 0.712. The second kappa shape index (κ2) is 4.93. The van der Waals surface area contributed by atoms with Gasteiger partial charge in [0.1, 0.15) is 5.69 Å². The molecule has 4 nitrogen and oxygen atoms in total. The Morgan fingerprint density at radius 3 is 2.71 bits per heavy atom. The molecule has 21 heavy (non-hydrogen) atoms. The highest BCUT2D eigenvalue weighted by Gasteiger charge is 2.17. The molecule has 1 aromatic carbocycles. The molecule has 0 unspecified atom stereocenters. The van der Waals surface area contributed by atoms with Gasteiger partial charge in [-0.2, -0.15) is 0 Å². The Kier molecular flexibility index (Phi) is 3.09. The number of amides is 1. The zero-order valence-corrected chi connectivity index (χ0v) is 10.5. The van der Waals surface area contributed by atoms with E-state index in [9.17, 15) is 18.0 Å². The van der Waals surface area contributed by atoms with Crippen LogP contribution in [0.15, 0.2) is 36.5 Å². The van der Waals surface area contributed by atoms with Gasteiger partial charge in [-0.25, -0.2) is 13.2 Å². The standard InChI is InChI=1S/C14H8F3N3O/c15-7-3-4-9(13(17)12(7)16)20-14(21)11-6-10-8(19-11)2-1-5-18-10/h1-6,19H,(H,20,21). The van der Waals surface area contributed by atoms with Gasteiger partial charge in [-0.3, -0.25) is 9.78 Å². The minimum atomic E-state index is -1.63. The first-order chi connectivity index (χ1) is 10.1. The summed E-state index contributed by atoms with van der Waals surface area (Å²) in [5, 5.41) is 2.18. The predicted octanol–water partition coefficient (Wildman–Crippen LogP) is 3.23. The lowest BCUT2D eigenvalue weighted by molar-refractivity contribution is 0.102. The number of benzene rings is 1. The molecule has 0 radical (unpaired) electrons. The molecule has 3 rings (SSSR count). The molecule has 0 aliphatic heterocycles. The van der Waals surface area contributed by atoms with Crippen LogP contribution in [-0.2, 0) is 0 Å². The van der Waals surface area contributed by atoms with Gasteiger partial charge in [0.2, 0.25) is 0 Å². The molecule has 2 heterocycles. The molecule has 3 aromatic rings. The van der Waals surface area contributed by atoms with Gasteiger partial charge in [0.15, 0.2) is 17.5 Å². The fraction of sp³-hybridized carbons (Fsp3) is 0. The Balaban J connectivity index is 1.91. The highest BCUT2D eigenvalue weighted by atomic mass is 19.2. The van der Waals surface area contributed by atoms with Crippen molar-refractivity contribution in [3.8, 4) is 0 Å². The molecule has 0 saturated carbocycles.